The maximum atomic E-state index is 10.6. The summed E-state index contributed by atoms with van der Waals surface area (Å²) < 4.78 is 0. The van der Waals surface area contributed by atoms with Crippen LogP contribution in [0.3, 0.4) is 0 Å². The molecule has 0 fully saturated rings. The lowest BCUT2D eigenvalue weighted by atomic mass is 10.00. The fourth-order valence-corrected chi connectivity index (χ4v) is 2.03. The van der Waals surface area contributed by atoms with Gasteiger partial charge in [-0.1, -0.05) is 48.5 Å². The predicted molar refractivity (Wildman–Crippen MR) is 77.5 cm³/mol. The Hall–Kier alpha value is -2.13. The highest BCUT2D eigenvalue weighted by Gasteiger charge is 2.01. The molecule has 0 spiro atoms. The molecule has 0 aliphatic heterocycles. The second kappa shape index (κ2) is 6.16. The van der Waals surface area contributed by atoms with E-state index < -0.39 is 0 Å². The van der Waals surface area contributed by atoms with Crippen molar-refractivity contribution in [2.24, 2.45) is 5.73 Å². The Morgan fingerprint density at radius 3 is 2.42 bits per heavy atom. The quantitative estimate of drug-likeness (QED) is 0.859. The van der Waals surface area contributed by atoms with Crippen LogP contribution in [0.5, 0.6) is 0 Å². The van der Waals surface area contributed by atoms with Gasteiger partial charge in [0.2, 0.25) is 5.91 Å². The summed E-state index contributed by atoms with van der Waals surface area (Å²) in [6.45, 7) is 2.97. The maximum absolute atomic E-state index is 10.6. The normalized spacial score (nSPS) is 10.4. The van der Waals surface area contributed by atoms with Crippen molar-refractivity contribution in [2.75, 3.05) is 6.54 Å². The number of primary amides is 1. The topological polar surface area (TPSA) is 55.1 Å². The third kappa shape index (κ3) is 3.66. The Labute approximate surface area is 113 Å². The summed E-state index contributed by atoms with van der Waals surface area (Å²) in [6.07, 6.45) is 0. The summed E-state index contributed by atoms with van der Waals surface area (Å²) in [5.74, 6) is -0.337. The van der Waals surface area contributed by atoms with E-state index in [0.29, 0.717) is 6.54 Å². The van der Waals surface area contributed by atoms with E-state index in [9.17, 15) is 4.79 Å². The Balaban J connectivity index is 2.06. The third-order valence-electron chi connectivity index (χ3n) is 3.04. The average molecular weight is 254 g/mol. The molecular formula is C16H18N2O. The zero-order valence-corrected chi connectivity index (χ0v) is 11.0. The van der Waals surface area contributed by atoms with E-state index in [0.717, 1.165) is 5.56 Å². The Morgan fingerprint density at radius 1 is 1.11 bits per heavy atom. The number of rotatable bonds is 5. The first-order valence-electron chi connectivity index (χ1n) is 6.31. The average Bonchev–Trinajstić information content (AvgIpc) is 2.40. The molecule has 0 bridgehead atoms. The lowest BCUT2D eigenvalue weighted by Gasteiger charge is -2.07. The van der Waals surface area contributed by atoms with Gasteiger partial charge in [0, 0.05) is 6.54 Å². The number of amides is 1. The number of carbonyl (C=O) groups is 1. The molecule has 2 aromatic carbocycles. The van der Waals surface area contributed by atoms with E-state index in [1.807, 2.05) is 12.1 Å². The molecule has 0 aliphatic rings. The molecule has 3 nitrogen and oxygen atoms in total. The van der Waals surface area contributed by atoms with Crippen LogP contribution >= 0.6 is 0 Å². The zero-order chi connectivity index (χ0) is 13.7. The van der Waals surface area contributed by atoms with Crippen LogP contribution in [0.25, 0.3) is 11.1 Å². The predicted octanol–water partition coefficient (Wildman–Crippen LogP) is 2.24. The highest BCUT2D eigenvalue weighted by atomic mass is 16.1. The van der Waals surface area contributed by atoms with Gasteiger partial charge < -0.3 is 11.1 Å². The first-order chi connectivity index (χ1) is 9.16. The van der Waals surface area contributed by atoms with Crippen molar-refractivity contribution in [3.63, 3.8) is 0 Å². The number of aryl methyl sites for hydroxylation is 1. The second-order valence-corrected chi connectivity index (χ2v) is 4.58. The monoisotopic (exact) mass is 254 g/mol. The van der Waals surface area contributed by atoms with Crippen molar-refractivity contribution in [1.29, 1.82) is 0 Å². The summed E-state index contributed by atoms with van der Waals surface area (Å²) in [4.78, 5) is 10.6. The highest BCUT2D eigenvalue weighted by molar-refractivity contribution is 5.75. The fourth-order valence-electron chi connectivity index (χ4n) is 2.03. The molecule has 0 saturated heterocycles. The molecule has 2 rings (SSSR count). The summed E-state index contributed by atoms with van der Waals surface area (Å²) in [5.41, 5.74) is 9.93. The van der Waals surface area contributed by atoms with Gasteiger partial charge in [0.25, 0.3) is 0 Å². The molecule has 2 aromatic rings. The number of hydrogen-bond donors (Lipinski definition) is 2. The molecule has 3 heteroatoms. The molecule has 0 heterocycles. The van der Waals surface area contributed by atoms with Gasteiger partial charge in [-0.2, -0.15) is 0 Å². The minimum absolute atomic E-state index is 0.208. The van der Waals surface area contributed by atoms with Gasteiger partial charge in [-0.25, -0.2) is 0 Å². The highest BCUT2D eigenvalue weighted by Crippen LogP contribution is 2.23. The molecule has 0 unspecified atom stereocenters. The lowest BCUT2D eigenvalue weighted by Crippen LogP contribution is -2.28. The molecule has 19 heavy (non-hydrogen) atoms. The van der Waals surface area contributed by atoms with Crippen LogP contribution in [-0.2, 0) is 11.3 Å². The Kier molecular flexibility index (Phi) is 4.31. The van der Waals surface area contributed by atoms with Crippen LogP contribution in [0.2, 0.25) is 0 Å². The molecule has 0 atom stereocenters. The van der Waals surface area contributed by atoms with Gasteiger partial charge in [0.1, 0.15) is 0 Å². The van der Waals surface area contributed by atoms with Gasteiger partial charge >= 0.3 is 0 Å². The molecule has 0 aliphatic carbocycles. The van der Waals surface area contributed by atoms with Gasteiger partial charge in [-0.3, -0.25) is 4.79 Å². The summed E-state index contributed by atoms with van der Waals surface area (Å²) in [6, 6.07) is 16.7. The molecule has 1 amide bonds. The number of nitrogens with one attached hydrogen (secondary N) is 1. The van der Waals surface area contributed by atoms with Crippen LogP contribution in [-0.4, -0.2) is 12.5 Å². The third-order valence-corrected chi connectivity index (χ3v) is 3.04. The smallest absolute Gasteiger partial charge is 0.231 e. The number of carbonyl (C=O) groups excluding carboxylic acids is 1. The van der Waals surface area contributed by atoms with E-state index in [4.69, 9.17) is 5.73 Å². The van der Waals surface area contributed by atoms with E-state index in [1.165, 1.54) is 16.7 Å². The van der Waals surface area contributed by atoms with Crippen molar-refractivity contribution >= 4 is 5.91 Å². The zero-order valence-electron chi connectivity index (χ0n) is 11.0. The number of nitrogens with two attached hydrogens (primary N) is 1. The van der Waals surface area contributed by atoms with Gasteiger partial charge in [0.15, 0.2) is 0 Å². The summed E-state index contributed by atoms with van der Waals surface area (Å²) in [7, 11) is 0. The van der Waals surface area contributed by atoms with Crippen molar-refractivity contribution in [3.05, 3.63) is 59.7 Å². The molecular weight excluding hydrogens is 236 g/mol. The van der Waals surface area contributed by atoms with Gasteiger partial charge in [0.05, 0.1) is 6.54 Å². The maximum Gasteiger partial charge on any atom is 0.231 e. The minimum atomic E-state index is -0.337. The largest absolute Gasteiger partial charge is 0.369 e. The minimum Gasteiger partial charge on any atom is -0.369 e. The van der Waals surface area contributed by atoms with Gasteiger partial charge in [-0.05, 0) is 29.2 Å². The van der Waals surface area contributed by atoms with Crippen LogP contribution in [0.15, 0.2) is 48.5 Å². The lowest BCUT2D eigenvalue weighted by molar-refractivity contribution is -0.117. The second-order valence-electron chi connectivity index (χ2n) is 4.58. The van der Waals surface area contributed by atoms with Crippen molar-refractivity contribution in [2.45, 2.75) is 13.5 Å². The Morgan fingerprint density at radius 2 is 1.79 bits per heavy atom. The van der Waals surface area contributed by atoms with E-state index in [-0.39, 0.29) is 12.5 Å². The van der Waals surface area contributed by atoms with Gasteiger partial charge in [-0.15, -0.1) is 0 Å². The van der Waals surface area contributed by atoms with E-state index in [1.54, 1.807) is 0 Å². The first kappa shape index (κ1) is 13.3. The molecule has 98 valence electrons. The fraction of sp³-hybridized carbons (Fsp3) is 0.188. The Bertz CT molecular complexity index is 561. The van der Waals surface area contributed by atoms with Crippen molar-refractivity contribution < 1.29 is 4.79 Å². The SMILES string of the molecule is Cc1ccccc1-c1ccc(CNCC(N)=O)cc1. The van der Waals surface area contributed by atoms with Crippen LogP contribution < -0.4 is 11.1 Å². The van der Waals surface area contributed by atoms with E-state index >= 15 is 0 Å². The summed E-state index contributed by atoms with van der Waals surface area (Å²) >= 11 is 0. The summed E-state index contributed by atoms with van der Waals surface area (Å²) in [5, 5.41) is 3.00. The first-order valence-corrected chi connectivity index (χ1v) is 6.31. The molecule has 3 N–H and O–H groups in total. The van der Waals surface area contributed by atoms with E-state index in [2.05, 4.69) is 48.6 Å². The van der Waals surface area contributed by atoms with Crippen LogP contribution in [0, 0.1) is 6.92 Å². The van der Waals surface area contributed by atoms with Crippen LogP contribution in [0.1, 0.15) is 11.1 Å². The standard InChI is InChI=1S/C16H18N2O/c1-12-4-2-3-5-15(12)14-8-6-13(7-9-14)10-18-11-16(17)19/h2-9,18H,10-11H2,1H3,(H2,17,19). The molecule has 0 saturated carbocycles. The molecule has 0 aromatic heterocycles. The van der Waals surface area contributed by atoms with Crippen LogP contribution in [0.4, 0.5) is 0 Å². The van der Waals surface area contributed by atoms with Crippen molar-refractivity contribution in [3.8, 4) is 11.1 Å². The number of hydrogen-bond acceptors (Lipinski definition) is 2. The molecule has 0 radical (unpaired) electrons. The van der Waals surface area contributed by atoms with Crippen molar-refractivity contribution in [1.82, 2.24) is 5.32 Å². The number of benzene rings is 2.